The maximum Gasteiger partial charge on any atom is 0.241 e. The van der Waals surface area contributed by atoms with Crippen molar-refractivity contribution in [2.75, 3.05) is 26.8 Å². The van der Waals surface area contributed by atoms with Crippen molar-refractivity contribution in [3.8, 4) is 22.2 Å². The topological polar surface area (TPSA) is 89.7 Å². The summed E-state index contributed by atoms with van der Waals surface area (Å²) in [6.07, 6.45) is 1.83. The summed E-state index contributed by atoms with van der Waals surface area (Å²) in [5.74, 6) is 2.72. The average molecular weight is 457 g/mol. The molecule has 1 amide bonds. The number of ether oxygens (including phenoxy) is 2. The highest BCUT2D eigenvalue weighted by atomic mass is 32.1. The predicted molar refractivity (Wildman–Crippen MR) is 122 cm³/mol. The van der Waals surface area contributed by atoms with Gasteiger partial charge in [0.25, 0.3) is 0 Å². The highest BCUT2D eigenvalue weighted by Gasteiger charge is 2.27. The molecular weight excluding hydrogens is 428 g/mol. The summed E-state index contributed by atoms with van der Waals surface area (Å²) in [4.78, 5) is 20.5. The second kappa shape index (κ2) is 10.6. The van der Waals surface area contributed by atoms with Gasteiger partial charge in [0.05, 0.1) is 30.5 Å². The third-order valence-corrected chi connectivity index (χ3v) is 6.26. The Bertz CT molecular complexity index is 990. The smallest absolute Gasteiger partial charge is 0.241 e. The SMILES string of the molecule is COc1ccc(OCC(C)NC(=O)C2CCCN(Cc3nc(-c4cccs4)no3)C2)cc1. The Balaban J connectivity index is 1.23. The van der Waals surface area contributed by atoms with Gasteiger partial charge in [-0.25, -0.2) is 0 Å². The van der Waals surface area contributed by atoms with Crippen LogP contribution in [0.25, 0.3) is 10.7 Å². The monoisotopic (exact) mass is 456 g/mol. The first kappa shape index (κ1) is 22.3. The molecule has 1 N–H and O–H groups in total. The van der Waals surface area contributed by atoms with Crippen LogP contribution in [0.5, 0.6) is 11.5 Å². The van der Waals surface area contributed by atoms with Crippen molar-refractivity contribution in [3.05, 3.63) is 47.7 Å². The van der Waals surface area contributed by atoms with Crippen molar-refractivity contribution < 1.29 is 18.8 Å². The largest absolute Gasteiger partial charge is 0.497 e. The molecule has 9 heteroatoms. The molecule has 0 radical (unpaired) electrons. The lowest BCUT2D eigenvalue weighted by molar-refractivity contribution is -0.127. The number of nitrogens with zero attached hydrogens (tertiary/aromatic N) is 3. The van der Waals surface area contributed by atoms with Crippen LogP contribution in [0.3, 0.4) is 0 Å². The van der Waals surface area contributed by atoms with Gasteiger partial charge in [0.2, 0.25) is 17.6 Å². The molecule has 3 heterocycles. The number of aromatic nitrogens is 2. The van der Waals surface area contributed by atoms with Gasteiger partial charge in [-0.15, -0.1) is 11.3 Å². The Morgan fingerprint density at radius 2 is 2.12 bits per heavy atom. The number of hydrogen-bond donors (Lipinski definition) is 1. The van der Waals surface area contributed by atoms with Crippen LogP contribution in [-0.2, 0) is 11.3 Å². The quantitative estimate of drug-likeness (QED) is 0.526. The number of thiophene rings is 1. The van der Waals surface area contributed by atoms with E-state index < -0.39 is 0 Å². The highest BCUT2D eigenvalue weighted by molar-refractivity contribution is 7.13. The van der Waals surface area contributed by atoms with Crippen LogP contribution in [0.1, 0.15) is 25.7 Å². The summed E-state index contributed by atoms with van der Waals surface area (Å²) in [5, 5.41) is 9.14. The number of carbonyl (C=O) groups excluding carboxylic acids is 1. The van der Waals surface area contributed by atoms with Gasteiger partial charge in [-0.05, 0) is 62.0 Å². The van der Waals surface area contributed by atoms with Crippen LogP contribution in [-0.4, -0.2) is 53.8 Å². The van der Waals surface area contributed by atoms with Crippen molar-refractivity contribution in [2.24, 2.45) is 5.92 Å². The lowest BCUT2D eigenvalue weighted by Crippen LogP contribution is -2.46. The molecule has 0 bridgehead atoms. The van der Waals surface area contributed by atoms with E-state index in [1.165, 1.54) is 0 Å². The normalized spacial score (nSPS) is 17.6. The van der Waals surface area contributed by atoms with Crippen LogP contribution >= 0.6 is 11.3 Å². The lowest BCUT2D eigenvalue weighted by atomic mass is 9.97. The number of piperidine rings is 1. The van der Waals surface area contributed by atoms with Crippen molar-refractivity contribution in [1.29, 1.82) is 0 Å². The van der Waals surface area contributed by atoms with E-state index >= 15 is 0 Å². The second-order valence-corrected chi connectivity index (χ2v) is 8.91. The number of benzene rings is 1. The maximum absolute atomic E-state index is 12.8. The molecule has 2 unspecified atom stereocenters. The zero-order valence-electron chi connectivity index (χ0n) is 18.3. The molecule has 1 aliphatic rings. The van der Waals surface area contributed by atoms with E-state index in [2.05, 4.69) is 20.4 Å². The third-order valence-electron chi connectivity index (χ3n) is 5.39. The van der Waals surface area contributed by atoms with Crippen LogP contribution < -0.4 is 14.8 Å². The number of methoxy groups -OCH3 is 1. The first-order chi connectivity index (χ1) is 15.6. The Labute approximate surface area is 191 Å². The summed E-state index contributed by atoms with van der Waals surface area (Å²) >= 11 is 1.58. The van der Waals surface area contributed by atoms with E-state index in [4.69, 9.17) is 14.0 Å². The molecule has 1 aromatic carbocycles. The number of amides is 1. The second-order valence-electron chi connectivity index (χ2n) is 7.96. The van der Waals surface area contributed by atoms with E-state index in [1.807, 2.05) is 48.7 Å². The molecule has 1 aliphatic heterocycles. The molecule has 1 saturated heterocycles. The van der Waals surface area contributed by atoms with Crippen molar-refractivity contribution in [2.45, 2.75) is 32.4 Å². The van der Waals surface area contributed by atoms with E-state index in [9.17, 15) is 4.79 Å². The van der Waals surface area contributed by atoms with Crippen molar-refractivity contribution in [1.82, 2.24) is 20.4 Å². The van der Waals surface area contributed by atoms with Crippen LogP contribution in [0, 0.1) is 5.92 Å². The first-order valence-corrected chi connectivity index (χ1v) is 11.6. The van der Waals surface area contributed by atoms with E-state index in [0.717, 1.165) is 35.8 Å². The fourth-order valence-electron chi connectivity index (χ4n) is 3.72. The average Bonchev–Trinajstić information content (AvgIpc) is 3.50. The van der Waals surface area contributed by atoms with E-state index in [1.54, 1.807) is 18.4 Å². The number of likely N-dealkylation sites (tertiary alicyclic amines) is 1. The van der Waals surface area contributed by atoms with Crippen molar-refractivity contribution in [3.63, 3.8) is 0 Å². The fraction of sp³-hybridized carbons (Fsp3) is 0.435. The van der Waals surface area contributed by atoms with Crippen LogP contribution in [0.15, 0.2) is 46.3 Å². The van der Waals surface area contributed by atoms with E-state index in [0.29, 0.717) is 31.4 Å². The molecule has 8 nitrogen and oxygen atoms in total. The minimum absolute atomic E-state index is 0.0605. The molecule has 170 valence electrons. The third kappa shape index (κ3) is 5.86. The van der Waals surface area contributed by atoms with Gasteiger partial charge in [0, 0.05) is 6.54 Å². The highest BCUT2D eigenvalue weighted by Crippen LogP contribution is 2.23. The molecule has 0 aliphatic carbocycles. The summed E-state index contributed by atoms with van der Waals surface area (Å²) in [6, 6.07) is 11.3. The summed E-state index contributed by atoms with van der Waals surface area (Å²) < 4.78 is 16.3. The minimum atomic E-state index is -0.0933. The summed E-state index contributed by atoms with van der Waals surface area (Å²) in [7, 11) is 1.63. The Morgan fingerprint density at radius 3 is 2.88 bits per heavy atom. The van der Waals surface area contributed by atoms with Gasteiger partial charge in [-0.2, -0.15) is 4.98 Å². The predicted octanol–water partition coefficient (Wildman–Crippen LogP) is 3.60. The van der Waals surface area contributed by atoms with Gasteiger partial charge in [-0.1, -0.05) is 11.2 Å². The molecule has 3 aromatic rings. The van der Waals surface area contributed by atoms with Crippen LogP contribution in [0.2, 0.25) is 0 Å². The number of hydrogen-bond acceptors (Lipinski definition) is 8. The van der Waals surface area contributed by atoms with Gasteiger partial charge in [0.15, 0.2) is 0 Å². The Hall–Kier alpha value is -2.91. The molecular formula is C23H28N4O4S. The van der Waals surface area contributed by atoms with Gasteiger partial charge in [-0.3, -0.25) is 9.69 Å². The van der Waals surface area contributed by atoms with Crippen molar-refractivity contribution >= 4 is 17.2 Å². The molecule has 0 spiro atoms. The molecule has 32 heavy (non-hydrogen) atoms. The lowest BCUT2D eigenvalue weighted by Gasteiger charge is -2.31. The zero-order chi connectivity index (χ0) is 22.3. The Morgan fingerprint density at radius 1 is 1.31 bits per heavy atom. The minimum Gasteiger partial charge on any atom is -0.497 e. The number of rotatable bonds is 9. The van der Waals surface area contributed by atoms with Gasteiger partial charge in [0.1, 0.15) is 18.1 Å². The number of carbonyl (C=O) groups is 1. The maximum atomic E-state index is 12.8. The standard InChI is InChI=1S/C23H28N4O4S/c1-16(15-30-19-9-7-18(29-2)8-10-19)24-23(28)17-5-3-11-27(13-17)14-21-25-22(26-31-21)20-6-4-12-32-20/h4,6-10,12,16-17H,3,5,11,13-15H2,1-2H3,(H,24,28). The summed E-state index contributed by atoms with van der Waals surface area (Å²) in [5.41, 5.74) is 0. The molecule has 0 saturated carbocycles. The molecule has 4 rings (SSSR count). The zero-order valence-corrected chi connectivity index (χ0v) is 19.1. The van der Waals surface area contributed by atoms with Crippen LogP contribution in [0.4, 0.5) is 0 Å². The molecule has 1 fully saturated rings. The van der Waals surface area contributed by atoms with E-state index in [-0.39, 0.29) is 17.9 Å². The summed E-state index contributed by atoms with van der Waals surface area (Å²) in [6.45, 7) is 4.50. The Kier molecular flexibility index (Phi) is 7.39. The van der Waals surface area contributed by atoms with Gasteiger partial charge < -0.3 is 19.3 Å². The first-order valence-electron chi connectivity index (χ1n) is 10.8. The number of nitrogens with one attached hydrogen (secondary N) is 1. The van der Waals surface area contributed by atoms with Gasteiger partial charge >= 0.3 is 0 Å². The molecule has 2 atom stereocenters. The molecule has 2 aromatic heterocycles. The fourth-order valence-corrected chi connectivity index (χ4v) is 4.37.